The number of rotatable bonds is 16. The van der Waals surface area contributed by atoms with Crippen LogP contribution in [0.25, 0.3) is 11.1 Å². The Morgan fingerprint density at radius 1 is 0.714 bits per heavy atom. The van der Waals surface area contributed by atoms with Crippen molar-refractivity contribution >= 4 is 0 Å². The highest BCUT2D eigenvalue weighted by Gasteiger charge is 2.21. The van der Waals surface area contributed by atoms with Crippen LogP contribution >= 0.6 is 0 Å². The Kier molecular flexibility index (Phi) is 12.7. The summed E-state index contributed by atoms with van der Waals surface area (Å²) >= 11 is 0. The van der Waals surface area contributed by atoms with Crippen molar-refractivity contribution in [2.24, 2.45) is 11.8 Å². The summed E-state index contributed by atoms with van der Waals surface area (Å²) in [6.45, 7) is 5.25. The SMILES string of the molecule is CCCCCCCc1ccc(-c2ccc(OCC3CCC(CCCCCCC)CC3)cc2F)cc1. The van der Waals surface area contributed by atoms with Gasteiger partial charge in [-0.15, -0.1) is 0 Å². The molecule has 0 radical (unpaired) electrons. The first-order valence-electron chi connectivity index (χ1n) is 14.7. The standard InChI is InChI=1S/C33H49FO/c1-3-5-7-9-11-13-27-15-17-29(18-16-27)26-35-31-23-24-32(33(34)25-31)30-21-19-28(20-22-30)14-12-10-8-6-4-2/h19-25,27,29H,3-18,26H2,1-2H3. The van der Waals surface area contributed by atoms with Gasteiger partial charge in [0.1, 0.15) is 11.6 Å². The summed E-state index contributed by atoms with van der Waals surface area (Å²) in [5.74, 6) is 2.00. The maximum atomic E-state index is 14.9. The van der Waals surface area contributed by atoms with Gasteiger partial charge in [0.25, 0.3) is 0 Å². The molecule has 194 valence electrons. The monoisotopic (exact) mass is 480 g/mol. The topological polar surface area (TPSA) is 9.23 Å². The fourth-order valence-electron chi connectivity index (χ4n) is 5.54. The number of benzene rings is 2. The van der Waals surface area contributed by atoms with E-state index >= 15 is 0 Å². The first-order chi connectivity index (χ1) is 17.2. The minimum absolute atomic E-state index is 0.193. The molecule has 0 amide bonds. The zero-order valence-electron chi connectivity index (χ0n) is 22.5. The minimum atomic E-state index is -0.193. The lowest BCUT2D eigenvalue weighted by molar-refractivity contribution is 0.177. The average molecular weight is 481 g/mol. The Balaban J connectivity index is 1.39. The van der Waals surface area contributed by atoms with Crippen molar-refractivity contribution in [1.82, 2.24) is 0 Å². The van der Waals surface area contributed by atoms with Crippen LogP contribution in [0.3, 0.4) is 0 Å². The van der Waals surface area contributed by atoms with E-state index in [9.17, 15) is 4.39 Å². The van der Waals surface area contributed by atoms with Crippen molar-refractivity contribution in [3.8, 4) is 16.9 Å². The molecule has 0 N–H and O–H groups in total. The molecule has 2 aromatic rings. The summed E-state index contributed by atoms with van der Waals surface area (Å²) in [4.78, 5) is 0. The third kappa shape index (κ3) is 9.98. The van der Waals surface area contributed by atoms with E-state index in [1.165, 1.54) is 102 Å². The smallest absolute Gasteiger partial charge is 0.134 e. The van der Waals surface area contributed by atoms with Crippen LogP contribution in [-0.4, -0.2) is 6.61 Å². The molecular formula is C33H49FO. The highest BCUT2D eigenvalue weighted by atomic mass is 19.1. The summed E-state index contributed by atoms with van der Waals surface area (Å²) in [5.41, 5.74) is 2.94. The predicted octanol–water partition coefficient (Wildman–Crippen LogP) is 10.6. The summed E-state index contributed by atoms with van der Waals surface area (Å²) in [6.07, 6.45) is 21.1. The lowest BCUT2D eigenvalue weighted by Gasteiger charge is -2.28. The van der Waals surface area contributed by atoms with Gasteiger partial charge in [-0.05, 0) is 60.8 Å². The van der Waals surface area contributed by atoms with Crippen LogP contribution < -0.4 is 4.74 Å². The Bertz CT molecular complexity index is 819. The summed E-state index contributed by atoms with van der Waals surface area (Å²) in [6, 6.07) is 13.8. The van der Waals surface area contributed by atoms with Gasteiger partial charge in [-0.3, -0.25) is 0 Å². The molecule has 1 saturated carbocycles. The van der Waals surface area contributed by atoms with Crippen molar-refractivity contribution in [2.45, 2.75) is 117 Å². The third-order valence-corrected chi connectivity index (χ3v) is 7.94. The zero-order chi connectivity index (χ0) is 24.7. The van der Waals surface area contributed by atoms with Gasteiger partial charge in [0.15, 0.2) is 0 Å². The van der Waals surface area contributed by atoms with Crippen LogP contribution in [0.2, 0.25) is 0 Å². The summed E-state index contributed by atoms with van der Waals surface area (Å²) < 4.78 is 20.9. The number of unbranched alkanes of at least 4 members (excludes halogenated alkanes) is 8. The molecule has 3 rings (SSSR count). The number of hydrogen-bond acceptors (Lipinski definition) is 1. The highest BCUT2D eigenvalue weighted by molar-refractivity contribution is 5.65. The molecule has 0 unspecified atom stereocenters. The second-order valence-electron chi connectivity index (χ2n) is 10.9. The zero-order valence-corrected chi connectivity index (χ0v) is 22.5. The van der Waals surface area contributed by atoms with Gasteiger partial charge in [-0.25, -0.2) is 4.39 Å². The molecule has 0 aliphatic heterocycles. The van der Waals surface area contributed by atoms with Crippen molar-refractivity contribution in [1.29, 1.82) is 0 Å². The largest absolute Gasteiger partial charge is 0.493 e. The van der Waals surface area contributed by atoms with Gasteiger partial charge in [-0.1, -0.05) is 115 Å². The molecule has 35 heavy (non-hydrogen) atoms. The van der Waals surface area contributed by atoms with Crippen LogP contribution in [0.4, 0.5) is 4.39 Å². The first kappa shape index (κ1) is 27.8. The minimum Gasteiger partial charge on any atom is -0.493 e. The van der Waals surface area contributed by atoms with Gasteiger partial charge in [-0.2, -0.15) is 0 Å². The van der Waals surface area contributed by atoms with E-state index < -0.39 is 0 Å². The molecule has 2 heteroatoms. The molecule has 1 fully saturated rings. The van der Waals surface area contributed by atoms with E-state index in [1.807, 2.05) is 12.1 Å². The molecule has 0 aromatic heterocycles. The Morgan fingerprint density at radius 2 is 1.34 bits per heavy atom. The van der Waals surface area contributed by atoms with E-state index in [0.717, 1.165) is 24.5 Å². The Morgan fingerprint density at radius 3 is 2.00 bits per heavy atom. The maximum absolute atomic E-state index is 14.9. The fourth-order valence-corrected chi connectivity index (χ4v) is 5.54. The van der Waals surface area contributed by atoms with Crippen molar-refractivity contribution in [3.05, 3.63) is 53.8 Å². The van der Waals surface area contributed by atoms with Crippen molar-refractivity contribution in [2.75, 3.05) is 6.61 Å². The van der Waals surface area contributed by atoms with E-state index in [1.54, 1.807) is 6.07 Å². The van der Waals surface area contributed by atoms with Crippen LogP contribution in [0, 0.1) is 17.7 Å². The molecule has 0 atom stereocenters. The number of hydrogen-bond donors (Lipinski definition) is 0. The molecule has 1 nitrogen and oxygen atoms in total. The van der Waals surface area contributed by atoms with Crippen LogP contribution in [-0.2, 0) is 6.42 Å². The van der Waals surface area contributed by atoms with Gasteiger partial charge in [0, 0.05) is 11.6 Å². The third-order valence-electron chi connectivity index (χ3n) is 7.94. The number of aryl methyl sites for hydroxylation is 1. The lowest BCUT2D eigenvalue weighted by atomic mass is 9.80. The normalized spacial score (nSPS) is 18.0. The molecule has 1 aliphatic rings. The molecule has 0 spiro atoms. The van der Waals surface area contributed by atoms with E-state index in [-0.39, 0.29) is 5.82 Å². The molecule has 0 saturated heterocycles. The second-order valence-corrected chi connectivity index (χ2v) is 10.9. The molecule has 2 aromatic carbocycles. The quantitative estimate of drug-likeness (QED) is 0.217. The Labute approximate surface area is 214 Å². The van der Waals surface area contributed by atoms with E-state index in [0.29, 0.717) is 17.2 Å². The highest BCUT2D eigenvalue weighted by Crippen LogP contribution is 2.33. The molecular weight excluding hydrogens is 431 g/mol. The van der Waals surface area contributed by atoms with Crippen LogP contribution in [0.15, 0.2) is 42.5 Å². The first-order valence-corrected chi connectivity index (χ1v) is 14.7. The molecule has 0 heterocycles. The van der Waals surface area contributed by atoms with Gasteiger partial charge in [0.2, 0.25) is 0 Å². The van der Waals surface area contributed by atoms with Crippen molar-refractivity contribution in [3.63, 3.8) is 0 Å². The number of halogens is 1. The van der Waals surface area contributed by atoms with Crippen LogP contribution in [0.5, 0.6) is 5.75 Å². The second kappa shape index (κ2) is 16.0. The fraction of sp³-hybridized carbons (Fsp3) is 0.636. The average Bonchev–Trinajstić information content (AvgIpc) is 2.88. The lowest BCUT2D eigenvalue weighted by Crippen LogP contribution is -2.20. The van der Waals surface area contributed by atoms with Crippen molar-refractivity contribution < 1.29 is 9.13 Å². The van der Waals surface area contributed by atoms with Gasteiger partial charge >= 0.3 is 0 Å². The molecule has 0 bridgehead atoms. The van der Waals surface area contributed by atoms with Crippen LogP contribution in [0.1, 0.15) is 116 Å². The maximum Gasteiger partial charge on any atom is 0.134 e. The van der Waals surface area contributed by atoms with E-state index in [4.69, 9.17) is 4.74 Å². The van der Waals surface area contributed by atoms with Gasteiger partial charge in [0.05, 0.1) is 6.61 Å². The Hall–Kier alpha value is -1.83. The van der Waals surface area contributed by atoms with E-state index in [2.05, 4.69) is 38.1 Å². The predicted molar refractivity (Wildman–Crippen MR) is 149 cm³/mol. The summed E-state index contributed by atoms with van der Waals surface area (Å²) in [7, 11) is 0. The van der Waals surface area contributed by atoms with Gasteiger partial charge < -0.3 is 4.74 Å². The summed E-state index contributed by atoms with van der Waals surface area (Å²) in [5, 5.41) is 0. The molecule has 1 aliphatic carbocycles. The number of ether oxygens (including phenoxy) is 1.